The number of nitrogens with one attached hydrogen (secondary N) is 2. The number of para-hydroxylation sites is 1. The summed E-state index contributed by atoms with van der Waals surface area (Å²) in [5.74, 6) is 5.50. The summed E-state index contributed by atoms with van der Waals surface area (Å²) in [6.45, 7) is 0. The van der Waals surface area contributed by atoms with Crippen LogP contribution in [0.5, 0.6) is 0 Å². The van der Waals surface area contributed by atoms with Gasteiger partial charge in [-0.3, -0.25) is 5.41 Å². The summed E-state index contributed by atoms with van der Waals surface area (Å²) >= 11 is 0. The highest BCUT2D eigenvalue weighted by Gasteiger charge is 2.14. The molecule has 104 valence electrons. The molecular formula is C16H15N5. The first-order chi connectivity index (χ1) is 10.3. The minimum absolute atomic E-state index is 0.119. The zero-order valence-electron chi connectivity index (χ0n) is 11.3. The Morgan fingerprint density at radius 2 is 1.62 bits per heavy atom. The molecule has 0 atom stereocenters. The Labute approximate surface area is 122 Å². The van der Waals surface area contributed by atoms with E-state index in [1.54, 1.807) is 4.68 Å². The van der Waals surface area contributed by atoms with Gasteiger partial charge in [0.25, 0.3) is 0 Å². The summed E-state index contributed by atoms with van der Waals surface area (Å²) in [5, 5.41) is 12.5. The van der Waals surface area contributed by atoms with Crippen LogP contribution in [-0.4, -0.2) is 15.6 Å². The van der Waals surface area contributed by atoms with Crippen LogP contribution in [0.3, 0.4) is 0 Å². The topological polar surface area (TPSA) is 79.7 Å². The Bertz CT molecular complexity index is 747. The van der Waals surface area contributed by atoms with Crippen molar-refractivity contribution in [2.75, 3.05) is 0 Å². The van der Waals surface area contributed by atoms with Crippen molar-refractivity contribution in [1.29, 1.82) is 5.41 Å². The molecule has 5 heteroatoms. The van der Waals surface area contributed by atoms with Crippen molar-refractivity contribution < 1.29 is 0 Å². The average molecular weight is 277 g/mol. The van der Waals surface area contributed by atoms with E-state index in [0.717, 1.165) is 16.9 Å². The molecule has 0 radical (unpaired) electrons. The van der Waals surface area contributed by atoms with Gasteiger partial charge < -0.3 is 5.43 Å². The SMILES string of the molecule is N=C(NN)c1cc(-c2ccccc2)nn1-c1ccccc1. The van der Waals surface area contributed by atoms with Crippen LogP contribution in [0.15, 0.2) is 66.7 Å². The zero-order valence-corrected chi connectivity index (χ0v) is 11.3. The Morgan fingerprint density at radius 3 is 2.24 bits per heavy atom. The van der Waals surface area contributed by atoms with Crippen molar-refractivity contribution >= 4 is 5.84 Å². The average Bonchev–Trinajstić information content (AvgIpc) is 3.01. The maximum absolute atomic E-state index is 7.95. The number of hydrogen-bond donors (Lipinski definition) is 3. The number of aromatic nitrogens is 2. The monoisotopic (exact) mass is 277 g/mol. The minimum atomic E-state index is 0.119. The van der Waals surface area contributed by atoms with Gasteiger partial charge in [0.05, 0.1) is 11.4 Å². The second-order valence-corrected chi connectivity index (χ2v) is 4.55. The fourth-order valence-corrected chi connectivity index (χ4v) is 2.15. The number of nitrogens with two attached hydrogens (primary N) is 1. The third-order valence-corrected chi connectivity index (χ3v) is 3.18. The minimum Gasteiger partial charge on any atom is -0.307 e. The summed E-state index contributed by atoms with van der Waals surface area (Å²) < 4.78 is 1.71. The summed E-state index contributed by atoms with van der Waals surface area (Å²) in [6, 6.07) is 21.4. The highest BCUT2D eigenvalue weighted by atomic mass is 15.3. The van der Waals surface area contributed by atoms with Crippen LogP contribution >= 0.6 is 0 Å². The Hall–Kier alpha value is -2.92. The molecule has 4 N–H and O–H groups in total. The van der Waals surface area contributed by atoms with Gasteiger partial charge in [0.15, 0.2) is 5.84 Å². The Kier molecular flexibility index (Phi) is 3.49. The van der Waals surface area contributed by atoms with Gasteiger partial charge >= 0.3 is 0 Å². The second kappa shape index (κ2) is 5.60. The maximum atomic E-state index is 7.95. The van der Waals surface area contributed by atoms with Crippen molar-refractivity contribution in [2.24, 2.45) is 5.84 Å². The normalized spacial score (nSPS) is 10.3. The first kappa shape index (κ1) is 13.1. The molecule has 1 aromatic heterocycles. The van der Waals surface area contributed by atoms with Crippen molar-refractivity contribution in [1.82, 2.24) is 15.2 Å². The third kappa shape index (κ3) is 2.54. The number of hydrazine groups is 1. The number of rotatable bonds is 3. The van der Waals surface area contributed by atoms with E-state index in [0.29, 0.717) is 5.69 Å². The molecule has 0 saturated carbocycles. The fourth-order valence-electron chi connectivity index (χ4n) is 2.15. The maximum Gasteiger partial charge on any atom is 0.158 e. The molecule has 0 unspecified atom stereocenters. The van der Waals surface area contributed by atoms with Crippen LogP contribution in [0.2, 0.25) is 0 Å². The first-order valence-electron chi connectivity index (χ1n) is 6.56. The Balaban J connectivity index is 2.14. The molecule has 0 saturated heterocycles. The van der Waals surface area contributed by atoms with Crippen LogP contribution in [0.4, 0.5) is 0 Å². The third-order valence-electron chi connectivity index (χ3n) is 3.18. The Morgan fingerprint density at radius 1 is 1.00 bits per heavy atom. The van der Waals surface area contributed by atoms with E-state index < -0.39 is 0 Å². The van der Waals surface area contributed by atoms with E-state index >= 15 is 0 Å². The van der Waals surface area contributed by atoms with Crippen LogP contribution in [0.25, 0.3) is 16.9 Å². The van der Waals surface area contributed by atoms with Crippen LogP contribution in [-0.2, 0) is 0 Å². The molecule has 5 nitrogen and oxygen atoms in total. The van der Waals surface area contributed by atoms with Gasteiger partial charge in [0.1, 0.15) is 5.69 Å². The molecule has 0 spiro atoms. The van der Waals surface area contributed by atoms with Gasteiger partial charge in [0.2, 0.25) is 0 Å². The number of hydrogen-bond acceptors (Lipinski definition) is 3. The predicted octanol–water partition coefficient (Wildman–Crippen LogP) is 2.33. The van der Waals surface area contributed by atoms with E-state index in [1.165, 1.54) is 0 Å². The summed E-state index contributed by atoms with van der Waals surface area (Å²) in [4.78, 5) is 0. The number of amidine groups is 1. The van der Waals surface area contributed by atoms with Crippen LogP contribution in [0.1, 0.15) is 5.69 Å². The summed E-state index contributed by atoms with van der Waals surface area (Å²) in [5.41, 5.74) is 5.67. The molecule has 3 rings (SSSR count). The molecule has 2 aromatic carbocycles. The molecule has 0 fully saturated rings. The van der Waals surface area contributed by atoms with Gasteiger partial charge in [-0.15, -0.1) is 0 Å². The fraction of sp³-hybridized carbons (Fsp3) is 0. The van der Waals surface area contributed by atoms with Crippen LogP contribution < -0.4 is 11.3 Å². The van der Waals surface area contributed by atoms with E-state index in [4.69, 9.17) is 11.3 Å². The van der Waals surface area contributed by atoms with Crippen LogP contribution in [0, 0.1) is 5.41 Å². The summed E-state index contributed by atoms with van der Waals surface area (Å²) in [7, 11) is 0. The molecule has 21 heavy (non-hydrogen) atoms. The lowest BCUT2D eigenvalue weighted by Gasteiger charge is -2.07. The molecule has 1 heterocycles. The van der Waals surface area contributed by atoms with Crippen molar-refractivity contribution in [3.8, 4) is 16.9 Å². The van der Waals surface area contributed by atoms with E-state index in [-0.39, 0.29) is 5.84 Å². The first-order valence-corrected chi connectivity index (χ1v) is 6.56. The lowest BCUT2D eigenvalue weighted by molar-refractivity contribution is 0.859. The molecule has 3 aromatic rings. The van der Waals surface area contributed by atoms with Crippen molar-refractivity contribution in [3.63, 3.8) is 0 Å². The van der Waals surface area contributed by atoms with Crippen molar-refractivity contribution in [2.45, 2.75) is 0 Å². The predicted molar refractivity (Wildman–Crippen MR) is 83.2 cm³/mol. The molecular weight excluding hydrogens is 262 g/mol. The molecule has 0 bridgehead atoms. The largest absolute Gasteiger partial charge is 0.307 e. The zero-order chi connectivity index (χ0) is 14.7. The van der Waals surface area contributed by atoms with Gasteiger partial charge in [0, 0.05) is 5.56 Å². The molecule has 0 aliphatic rings. The number of benzene rings is 2. The van der Waals surface area contributed by atoms with Gasteiger partial charge in [-0.25, -0.2) is 10.5 Å². The smallest absolute Gasteiger partial charge is 0.158 e. The van der Waals surface area contributed by atoms with Gasteiger partial charge in [-0.05, 0) is 18.2 Å². The van der Waals surface area contributed by atoms with Gasteiger partial charge in [-0.1, -0.05) is 48.5 Å². The van der Waals surface area contributed by atoms with Gasteiger partial charge in [-0.2, -0.15) is 5.10 Å². The highest BCUT2D eigenvalue weighted by molar-refractivity contribution is 5.96. The molecule has 0 aliphatic carbocycles. The van der Waals surface area contributed by atoms with E-state index in [2.05, 4.69) is 10.5 Å². The number of nitrogens with zero attached hydrogens (tertiary/aromatic N) is 2. The second-order valence-electron chi connectivity index (χ2n) is 4.55. The molecule has 0 aliphatic heterocycles. The van der Waals surface area contributed by atoms with E-state index in [1.807, 2.05) is 66.7 Å². The quantitative estimate of drug-likeness (QED) is 0.297. The highest BCUT2D eigenvalue weighted by Crippen LogP contribution is 2.21. The van der Waals surface area contributed by atoms with E-state index in [9.17, 15) is 0 Å². The lowest BCUT2D eigenvalue weighted by Crippen LogP contribution is -2.31. The standard InChI is InChI=1S/C16H15N5/c17-16(19-18)15-11-14(12-7-3-1-4-8-12)20-21(15)13-9-5-2-6-10-13/h1-11H,18H2,(H2,17,19). The van der Waals surface area contributed by atoms with Crippen molar-refractivity contribution in [3.05, 3.63) is 72.4 Å². The lowest BCUT2D eigenvalue weighted by atomic mass is 10.1. The molecule has 0 amide bonds. The summed E-state index contributed by atoms with van der Waals surface area (Å²) in [6.07, 6.45) is 0.